The quantitative estimate of drug-likeness (QED) is 0.778. The van der Waals surface area contributed by atoms with Gasteiger partial charge in [0.2, 0.25) is 0 Å². The zero-order chi connectivity index (χ0) is 10.7. The molecule has 0 fully saturated rings. The van der Waals surface area contributed by atoms with Crippen LogP contribution in [0.3, 0.4) is 0 Å². The largest absolute Gasteiger partial charge is 0.233 e. The van der Waals surface area contributed by atoms with Crippen LogP contribution in [-0.2, 0) is 6.54 Å². The number of aromatic nitrogens is 3. The average Bonchev–Trinajstić information content (AvgIpc) is 2.66. The summed E-state index contributed by atoms with van der Waals surface area (Å²) in [6.07, 6.45) is 6.96. The number of halogens is 1. The number of hydrogen-bond acceptors (Lipinski definition) is 2. The molecule has 0 N–H and O–H groups in total. The molecule has 0 aliphatic rings. The smallest absolute Gasteiger partial charge is 0.104 e. The summed E-state index contributed by atoms with van der Waals surface area (Å²) in [5.41, 5.74) is 1.97. The van der Waals surface area contributed by atoms with Crippen LogP contribution in [0, 0.1) is 12.3 Å². The topological polar surface area (TPSA) is 30.7 Å². The summed E-state index contributed by atoms with van der Waals surface area (Å²) in [7, 11) is 0. The highest BCUT2D eigenvalue weighted by atomic mass is 79.9. The highest BCUT2D eigenvalue weighted by molar-refractivity contribution is 9.10. The SMILES string of the molecule is C#CCn1nncc1-c1cccc(Br)c1. The van der Waals surface area contributed by atoms with E-state index in [1.54, 1.807) is 10.9 Å². The van der Waals surface area contributed by atoms with E-state index in [0.29, 0.717) is 6.54 Å². The molecule has 0 saturated carbocycles. The highest BCUT2D eigenvalue weighted by Gasteiger charge is 2.05. The van der Waals surface area contributed by atoms with Crippen molar-refractivity contribution >= 4 is 15.9 Å². The number of terminal acetylenes is 1. The van der Waals surface area contributed by atoms with Gasteiger partial charge in [-0.15, -0.1) is 11.5 Å². The normalized spacial score (nSPS) is 9.87. The maximum absolute atomic E-state index is 5.25. The second-order valence-electron chi connectivity index (χ2n) is 2.99. The minimum Gasteiger partial charge on any atom is -0.233 e. The number of benzene rings is 1. The Balaban J connectivity index is 2.45. The molecule has 0 saturated heterocycles. The summed E-state index contributed by atoms with van der Waals surface area (Å²) in [5.74, 6) is 2.54. The van der Waals surface area contributed by atoms with Gasteiger partial charge in [0.15, 0.2) is 0 Å². The van der Waals surface area contributed by atoms with Gasteiger partial charge >= 0.3 is 0 Å². The molecule has 0 unspecified atom stereocenters. The molecule has 1 heterocycles. The van der Waals surface area contributed by atoms with E-state index in [2.05, 4.69) is 32.2 Å². The van der Waals surface area contributed by atoms with E-state index in [1.807, 2.05) is 24.3 Å². The molecule has 1 aromatic carbocycles. The molecule has 4 heteroatoms. The van der Waals surface area contributed by atoms with Crippen molar-refractivity contribution in [3.8, 4) is 23.6 Å². The van der Waals surface area contributed by atoms with Gasteiger partial charge in [-0.2, -0.15) is 0 Å². The monoisotopic (exact) mass is 261 g/mol. The van der Waals surface area contributed by atoms with Crippen LogP contribution in [0.15, 0.2) is 34.9 Å². The lowest BCUT2D eigenvalue weighted by Crippen LogP contribution is -2.00. The van der Waals surface area contributed by atoms with Crippen molar-refractivity contribution < 1.29 is 0 Å². The van der Waals surface area contributed by atoms with E-state index in [1.165, 1.54) is 0 Å². The van der Waals surface area contributed by atoms with Crippen molar-refractivity contribution in [1.82, 2.24) is 15.0 Å². The molecule has 74 valence electrons. The Morgan fingerprint density at radius 3 is 3.07 bits per heavy atom. The molecular weight excluding hydrogens is 254 g/mol. The lowest BCUT2D eigenvalue weighted by Gasteiger charge is -2.02. The predicted molar refractivity (Wildman–Crippen MR) is 62.0 cm³/mol. The lowest BCUT2D eigenvalue weighted by molar-refractivity contribution is 0.679. The fourth-order valence-corrected chi connectivity index (χ4v) is 1.73. The molecule has 1 aromatic heterocycles. The summed E-state index contributed by atoms with van der Waals surface area (Å²) in [6, 6.07) is 7.94. The van der Waals surface area contributed by atoms with E-state index in [0.717, 1.165) is 15.7 Å². The molecule has 0 bridgehead atoms. The molecule has 15 heavy (non-hydrogen) atoms. The van der Waals surface area contributed by atoms with Crippen molar-refractivity contribution in [2.45, 2.75) is 6.54 Å². The zero-order valence-corrected chi connectivity index (χ0v) is 9.48. The predicted octanol–water partition coefficient (Wildman–Crippen LogP) is 2.34. The van der Waals surface area contributed by atoms with Crippen LogP contribution in [0.4, 0.5) is 0 Å². The number of nitrogens with zero attached hydrogens (tertiary/aromatic N) is 3. The third-order valence-corrected chi connectivity index (χ3v) is 2.47. The first kappa shape index (κ1) is 9.94. The summed E-state index contributed by atoms with van der Waals surface area (Å²) in [5, 5.41) is 7.77. The van der Waals surface area contributed by atoms with Crippen molar-refractivity contribution in [3.63, 3.8) is 0 Å². The molecule has 0 spiro atoms. The standard InChI is InChI=1S/C11H8BrN3/c1-2-6-15-11(8-13-14-15)9-4-3-5-10(12)7-9/h1,3-5,7-8H,6H2. The lowest BCUT2D eigenvalue weighted by atomic mass is 10.2. The summed E-state index contributed by atoms with van der Waals surface area (Å²) in [6.45, 7) is 0.432. The molecule has 0 radical (unpaired) electrons. The van der Waals surface area contributed by atoms with E-state index in [-0.39, 0.29) is 0 Å². The number of hydrogen-bond donors (Lipinski definition) is 0. The van der Waals surface area contributed by atoms with Crippen molar-refractivity contribution in [1.29, 1.82) is 0 Å². The molecule has 2 aromatic rings. The maximum Gasteiger partial charge on any atom is 0.104 e. The van der Waals surface area contributed by atoms with Gasteiger partial charge < -0.3 is 0 Å². The van der Waals surface area contributed by atoms with Gasteiger partial charge in [0.25, 0.3) is 0 Å². The minimum atomic E-state index is 0.432. The number of rotatable bonds is 2. The van der Waals surface area contributed by atoms with E-state index in [4.69, 9.17) is 6.42 Å². The van der Waals surface area contributed by atoms with Crippen LogP contribution in [0.1, 0.15) is 0 Å². The van der Waals surface area contributed by atoms with Gasteiger partial charge in [0, 0.05) is 10.0 Å². The van der Waals surface area contributed by atoms with Crippen LogP contribution >= 0.6 is 15.9 Å². The van der Waals surface area contributed by atoms with E-state index >= 15 is 0 Å². The van der Waals surface area contributed by atoms with Gasteiger partial charge in [-0.3, -0.25) is 0 Å². The highest BCUT2D eigenvalue weighted by Crippen LogP contribution is 2.21. The van der Waals surface area contributed by atoms with Crippen molar-refractivity contribution in [2.24, 2.45) is 0 Å². The Labute approximate surface area is 96.2 Å². The Kier molecular flexibility index (Phi) is 2.84. The Morgan fingerprint density at radius 2 is 2.33 bits per heavy atom. The van der Waals surface area contributed by atoms with Crippen molar-refractivity contribution in [2.75, 3.05) is 0 Å². The maximum atomic E-state index is 5.25. The Bertz CT molecular complexity index is 511. The fraction of sp³-hybridized carbons (Fsp3) is 0.0909. The molecule has 3 nitrogen and oxygen atoms in total. The second-order valence-corrected chi connectivity index (χ2v) is 3.91. The fourth-order valence-electron chi connectivity index (χ4n) is 1.33. The first-order chi connectivity index (χ1) is 7.31. The average molecular weight is 262 g/mol. The van der Waals surface area contributed by atoms with Crippen LogP contribution < -0.4 is 0 Å². The molecule has 0 atom stereocenters. The van der Waals surface area contributed by atoms with Crippen LogP contribution in [0.25, 0.3) is 11.3 Å². The molecule has 0 amide bonds. The summed E-state index contributed by atoms with van der Waals surface area (Å²) < 4.78 is 2.72. The first-order valence-electron chi connectivity index (χ1n) is 4.39. The Hall–Kier alpha value is -1.60. The molecule has 0 aliphatic heterocycles. The third-order valence-electron chi connectivity index (χ3n) is 1.98. The molecule has 2 rings (SSSR count). The van der Waals surface area contributed by atoms with Gasteiger partial charge in [-0.25, -0.2) is 4.68 Å². The molecular formula is C11H8BrN3. The molecule has 0 aliphatic carbocycles. The third kappa shape index (κ3) is 2.08. The van der Waals surface area contributed by atoms with Crippen LogP contribution in [0.2, 0.25) is 0 Å². The van der Waals surface area contributed by atoms with Gasteiger partial charge in [-0.1, -0.05) is 39.2 Å². The van der Waals surface area contributed by atoms with Gasteiger partial charge in [-0.05, 0) is 12.1 Å². The van der Waals surface area contributed by atoms with Crippen LogP contribution in [-0.4, -0.2) is 15.0 Å². The second kappa shape index (κ2) is 4.28. The summed E-state index contributed by atoms with van der Waals surface area (Å²) >= 11 is 3.42. The first-order valence-corrected chi connectivity index (χ1v) is 5.18. The zero-order valence-electron chi connectivity index (χ0n) is 7.89. The van der Waals surface area contributed by atoms with E-state index in [9.17, 15) is 0 Å². The summed E-state index contributed by atoms with van der Waals surface area (Å²) in [4.78, 5) is 0. The minimum absolute atomic E-state index is 0.432. The van der Waals surface area contributed by atoms with Gasteiger partial charge in [0.05, 0.1) is 11.9 Å². The van der Waals surface area contributed by atoms with Crippen molar-refractivity contribution in [3.05, 3.63) is 34.9 Å². The van der Waals surface area contributed by atoms with Gasteiger partial charge in [0.1, 0.15) is 6.54 Å². The van der Waals surface area contributed by atoms with E-state index < -0.39 is 0 Å². The van der Waals surface area contributed by atoms with Crippen LogP contribution in [0.5, 0.6) is 0 Å². The Morgan fingerprint density at radius 1 is 1.47 bits per heavy atom.